The van der Waals surface area contributed by atoms with Gasteiger partial charge in [0.1, 0.15) is 5.76 Å². The molecule has 0 saturated carbocycles. The number of anilines is 1. The van der Waals surface area contributed by atoms with Crippen LogP contribution in [0.2, 0.25) is 0 Å². The maximum atomic E-state index is 13.0. The summed E-state index contributed by atoms with van der Waals surface area (Å²) in [5.74, 6) is -0.233. The number of rotatable bonds is 3. The van der Waals surface area contributed by atoms with Gasteiger partial charge in [0.05, 0.1) is 11.3 Å². The number of benzene rings is 1. The highest BCUT2D eigenvalue weighted by Gasteiger charge is 2.30. The SMILES string of the molecule is Cc1cc(=O)c(C(=O)Nc2cc(C(C)(C)C)on2)nn1-c1cccc(C(F)(F)F)c1. The summed E-state index contributed by atoms with van der Waals surface area (Å²) < 4.78 is 45.4. The Labute approximate surface area is 169 Å². The minimum Gasteiger partial charge on any atom is -0.359 e. The number of amides is 1. The van der Waals surface area contributed by atoms with Crippen LogP contribution in [0.4, 0.5) is 19.0 Å². The third kappa shape index (κ3) is 4.42. The van der Waals surface area contributed by atoms with E-state index in [1.54, 1.807) is 0 Å². The fourth-order valence-electron chi connectivity index (χ4n) is 2.64. The van der Waals surface area contributed by atoms with Crippen molar-refractivity contribution in [2.75, 3.05) is 5.32 Å². The highest BCUT2D eigenvalue weighted by Crippen LogP contribution is 2.30. The number of hydrogen-bond acceptors (Lipinski definition) is 5. The molecule has 2 heterocycles. The van der Waals surface area contributed by atoms with Crippen molar-refractivity contribution in [3.63, 3.8) is 0 Å². The van der Waals surface area contributed by atoms with Crippen LogP contribution in [-0.4, -0.2) is 20.8 Å². The van der Waals surface area contributed by atoms with E-state index in [4.69, 9.17) is 4.52 Å². The number of alkyl halides is 3. The highest BCUT2D eigenvalue weighted by atomic mass is 19.4. The van der Waals surface area contributed by atoms with Crippen LogP contribution in [0.5, 0.6) is 0 Å². The first-order chi connectivity index (χ1) is 13.9. The van der Waals surface area contributed by atoms with E-state index in [2.05, 4.69) is 15.6 Å². The average molecular weight is 420 g/mol. The van der Waals surface area contributed by atoms with Gasteiger partial charge in [0.15, 0.2) is 11.5 Å². The summed E-state index contributed by atoms with van der Waals surface area (Å²) in [4.78, 5) is 24.9. The van der Waals surface area contributed by atoms with E-state index in [1.165, 1.54) is 25.1 Å². The molecule has 7 nitrogen and oxygen atoms in total. The molecular weight excluding hydrogens is 401 g/mol. The number of halogens is 3. The van der Waals surface area contributed by atoms with Gasteiger partial charge >= 0.3 is 6.18 Å². The van der Waals surface area contributed by atoms with E-state index in [-0.39, 0.29) is 22.6 Å². The van der Waals surface area contributed by atoms with Crippen molar-refractivity contribution >= 4 is 11.7 Å². The first-order valence-electron chi connectivity index (χ1n) is 8.93. The molecule has 10 heteroatoms. The second-order valence-electron chi connectivity index (χ2n) is 7.74. The predicted octanol–water partition coefficient (Wildman–Crippen LogP) is 4.10. The van der Waals surface area contributed by atoms with Crippen molar-refractivity contribution in [1.82, 2.24) is 14.9 Å². The Hall–Kier alpha value is -3.43. The monoisotopic (exact) mass is 420 g/mol. The van der Waals surface area contributed by atoms with Gasteiger partial charge in [-0.15, -0.1) is 0 Å². The maximum absolute atomic E-state index is 13.0. The molecule has 0 spiro atoms. The lowest BCUT2D eigenvalue weighted by Gasteiger charge is -2.13. The summed E-state index contributed by atoms with van der Waals surface area (Å²) in [6, 6.07) is 7.09. The minimum absolute atomic E-state index is 0.0628. The topological polar surface area (TPSA) is 90.0 Å². The lowest BCUT2D eigenvalue weighted by molar-refractivity contribution is -0.137. The third-order valence-corrected chi connectivity index (χ3v) is 4.23. The number of aromatic nitrogens is 3. The van der Waals surface area contributed by atoms with Crippen molar-refractivity contribution < 1.29 is 22.5 Å². The molecular formula is C20H19F3N4O3. The molecule has 0 fully saturated rings. The van der Waals surface area contributed by atoms with E-state index in [1.807, 2.05) is 20.8 Å². The molecule has 1 aromatic carbocycles. The van der Waals surface area contributed by atoms with Gasteiger partial charge in [-0.1, -0.05) is 32.0 Å². The Morgan fingerprint density at radius 2 is 1.83 bits per heavy atom. The van der Waals surface area contributed by atoms with Gasteiger partial charge in [0, 0.05) is 23.2 Å². The number of hydrogen-bond donors (Lipinski definition) is 1. The molecule has 0 atom stereocenters. The standard InChI is InChI=1S/C20H19F3N4O3/c1-11-8-14(28)17(18(29)24-16-10-15(30-26-16)19(2,3)4)25-27(11)13-7-5-6-12(9-13)20(21,22)23/h5-10H,1-4H3,(H,24,26,29). The van der Waals surface area contributed by atoms with Crippen molar-refractivity contribution in [3.8, 4) is 5.69 Å². The van der Waals surface area contributed by atoms with Gasteiger partial charge < -0.3 is 9.84 Å². The fourth-order valence-corrected chi connectivity index (χ4v) is 2.64. The zero-order valence-electron chi connectivity index (χ0n) is 16.7. The molecule has 0 saturated heterocycles. The molecule has 3 aromatic rings. The number of nitrogens with one attached hydrogen (secondary N) is 1. The van der Waals surface area contributed by atoms with Crippen LogP contribution in [0.3, 0.4) is 0 Å². The number of carbonyl (C=O) groups excluding carboxylic acids is 1. The normalized spacial score (nSPS) is 12.1. The maximum Gasteiger partial charge on any atom is 0.416 e. The smallest absolute Gasteiger partial charge is 0.359 e. The lowest BCUT2D eigenvalue weighted by Crippen LogP contribution is -2.27. The van der Waals surface area contributed by atoms with E-state index in [0.717, 1.165) is 22.9 Å². The van der Waals surface area contributed by atoms with Gasteiger partial charge in [0.25, 0.3) is 5.91 Å². The minimum atomic E-state index is -4.54. The van der Waals surface area contributed by atoms with Crippen LogP contribution in [0.15, 0.2) is 45.7 Å². The number of aryl methyl sites for hydroxylation is 1. The van der Waals surface area contributed by atoms with Crippen LogP contribution in [-0.2, 0) is 11.6 Å². The Morgan fingerprint density at radius 1 is 1.13 bits per heavy atom. The molecule has 0 aliphatic heterocycles. The van der Waals surface area contributed by atoms with E-state index in [0.29, 0.717) is 5.76 Å². The molecule has 0 radical (unpaired) electrons. The summed E-state index contributed by atoms with van der Waals surface area (Å²) in [5, 5.41) is 10.2. The second-order valence-corrected chi connectivity index (χ2v) is 7.74. The van der Waals surface area contributed by atoms with Gasteiger partial charge in [-0.2, -0.15) is 18.3 Å². The second kappa shape index (κ2) is 7.43. The first-order valence-corrected chi connectivity index (χ1v) is 8.93. The zero-order chi connectivity index (χ0) is 22.3. The molecule has 0 aliphatic carbocycles. The zero-order valence-corrected chi connectivity index (χ0v) is 16.7. The van der Waals surface area contributed by atoms with E-state index >= 15 is 0 Å². The molecule has 0 bridgehead atoms. The van der Waals surface area contributed by atoms with E-state index < -0.39 is 28.8 Å². The Kier molecular flexibility index (Phi) is 5.27. The molecule has 30 heavy (non-hydrogen) atoms. The van der Waals surface area contributed by atoms with Gasteiger partial charge in [0.2, 0.25) is 5.43 Å². The Balaban J connectivity index is 1.97. The van der Waals surface area contributed by atoms with Crippen LogP contribution < -0.4 is 10.7 Å². The third-order valence-electron chi connectivity index (χ3n) is 4.23. The summed E-state index contributed by atoms with van der Waals surface area (Å²) in [6.07, 6.45) is -4.54. The highest BCUT2D eigenvalue weighted by molar-refractivity contribution is 6.02. The molecule has 2 aromatic heterocycles. The first kappa shape index (κ1) is 21.3. The quantitative estimate of drug-likeness (QED) is 0.689. The Morgan fingerprint density at radius 3 is 2.43 bits per heavy atom. The summed E-state index contributed by atoms with van der Waals surface area (Å²) in [5.41, 5.74) is -2.04. The predicted molar refractivity (Wildman–Crippen MR) is 103 cm³/mol. The van der Waals surface area contributed by atoms with Crippen LogP contribution in [0.25, 0.3) is 5.69 Å². The number of nitrogens with zero attached hydrogens (tertiary/aromatic N) is 3. The van der Waals surface area contributed by atoms with Gasteiger partial charge in [-0.3, -0.25) is 9.59 Å². The van der Waals surface area contributed by atoms with Gasteiger partial charge in [-0.25, -0.2) is 4.68 Å². The van der Waals surface area contributed by atoms with E-state index in [9.17, 15) is 22.8 Å². The van der Waals surface area contributed by atoms with Gasteiger partial charge in [-0.05, 0) is 25.1 Å². The summed E-state index contributed by atoms with van der Waals surface area (Å²) >= 11 is 0. The fraction of sp³-hybridized carbons (Fsp3) is 0.300. The molecule has 1 amide bonds. The van der Waals surface area contributed by atoms with Crippen molar-refractivity contribution in [2.24, 2.45) is 0 Å². The van der Waals surface area contributed by atoms with Crippen molar-refractivity contribution in [1.29, 1.82) is 0 Å². The molecule has 0 aliphatic rings. The number of carbonyl (C=O) groups is 1. The molecule has 3 rings (SSSR count). The lowest BCUT2D eigenvalue weighted by atomic mass is 9.93. The summed E-state index contributed by atoms with van der Waals surface area (Å²) in [7, 11) is 0. The van der Waals surface area contributed by atoms with Crippen LogP contribution in [0.1, 0.15) is 48.3 Å². The summed E-state index contributed by atoms with van der Waals surface area (Å²) in [6.45, 7) is 7.20. The van der Waals surface area contributed by atoms with Crippen LogP contribution >= 0.6 is 0 Å². The largest absolute Gasteiger partial charge is 0.416 e. The Bertz CT molecular complexity index is 1160. The average Bonchev–Trinajstić information content (AvgIpc) is 3.10. The van der Waals surface area contributed by atoms with Crippen LogP contribution in [0, 0.1) is 6.92 Å². The molecule has 0 unspecified atom stereocenters. The van der Waals surface area contributed by atoms with Crippen molar-refractivity contribution in [3.05, 3.63) is 69.3 Å². The molecule has 1 N–H and O–H groups in total. The van der Waals surface area contributed by atoms with Crippen molar-refractivity contribution in [2.45, 2.75) is 39.3 Å². The molecule has 158 valence electrons.